The number of aryl methyl sites for hydroxylation is 1. The van der Waals surface area contributed by atoms with Gasteiger partial charge in [-0.25, -0.2) is 14.6 Å². The summed E-state index contributed by atoms with van der Waals surface area (Å²) in [6.07, 6.45) is 1.64. The lowest BCUT2D eigenvalue weighted by molar-refractivity contribution is 0.713. The predicted molar refractivity (Wildman–Crippen MR) is 89.0 cm³/mol. The van der Waals surface area contributed by atoms with Crippen LogP contribution in [0.3, 0.4) is 0 Å². The van der Waals surface area contributed by atoms with Crippen molar-refractivity contribution in [2.75, 3.05) is 5.73 Å². The van der Waals surface area contributed by atoms with Gasteiger partial charge >= 0.3 is 0 Å². The van der Waals surface area contributed by atoms with Crippen molar-refractivity contribution < 1.29 is 0 Å². The molecule has 0 saturated carbocycles. The summed E-state index contributed by atoms with van der Waals surface area (Å²) in [6.45, 7) is 0. The van der Waals surface area contributed by atoms with Gasteiger partial charge in [0.15, 0.2) is 11.5 Å². The molecule has 1 aromatic carbocycles. The number of nitriles is 1. The Balaban J connectivity index is 2.05. The number of nitrogens with two attached hydrogens (primary N) is 1. The van der Waals surface area contributed by atoms with Gasteiger partial charge in [-0.3, -0.25) is 5.10 Å². The van der Waals surface area contributed by atoms with Gasteiger partial charge in [0.2, 0.25) is 5.82 Å². The molecule has 0 bridgehead atoms. The Morgan fingerprint density at radius 1 is 1.28 bits per heavy atom. The van der Waals surface area contributed by atoms with Crippen molar-refractivity contribution in [1.82, 2.24) is 40.4 Å². The number of hydrogen-bond donors (Lipinski definition) is 2. The van der Waals surface area contributed by atoms with Gasteiger partial charge in [0.1, 0.15) is 17.5 Å². The van der Waals surface area contributed by atoms with Gasteiger partial charge in [0, 0.05) is 18.0 Å². The van der Waals surface area contributed by atoms with E-state index in [9.17, 15) is 5.26 Å². The van der Waals surface area contributed by atoms with Crippen LogP contribution in [0.5, 0.6) is 0 Å². The first-order valence-corrected chi connectivity index (χ1v) is 7.39. The number of anilines is 1. The molecule has 3 aromatic heterocycles. The third-order valence-electron chi connectivity index (χ3n) is 3.63. The van der Waals surface area contributed by atoms with E-state index in [1.807, 2.05) is 12.1 Å². The van der Waals surface area contributed by atoms with Crippen LogP contribution < -0.4 is 5.73 Å². The lowest BCUT2D eigenvalue weighted by Gasteiger charge is -2.09. The minimum atomic E-state index is -0.000244. The summed E-state index contributed by atoms with van der Waals surface area (Å²) in [5.74, 6) is 0.363. The number of aromatic amines is 1. The molecule has 0 spiro atoms. The lowest BCUT2D eigenvalue weighted by Crippen LogP contribution is -2.06. The average Bonchev–Trinajstić information content (AvgIpc) is 3.23. The van der Waals surface area contributed by atoms with E-state index in [1.165, 1.54) is 4.68 Å². The minimum Gasteiger partial charge on any atom is -0.381 e. The SMILES string of the molecule is Cn1nnnc1-c1nc(N)c(C#N)nc1-c1cc(Cl)c2[nH]ncc2c1. The number of H-pyrrole nitrogens is 1. The van der Waals surface area contributed by atoms with Crippen molar-refractivity contribution in [2.45, 2.75) is 0 Å². The summed E-state index contributed by atoms with van der Waals surface area (Å²) in [5, 5.41) is 28.7. The molecule has 4 aromatic rings. The smallest absolute Gasteiger partial charge is 0.202 e. The number of nitrogen functional groups attached to an aromatic ring is 1. The number of tetrazole rings is 1. The van der Waals surface area contributed by atoms with Crippen LogP contribution in [0.2, 0.25) is 5.02 Å². The van der Waals surface area contributed by atoms with E-state index < -0.39 is 0 Å². The number of nitrogens with one attached hydrogen (secondary N) is 1. The second kappa shape index (κ2) is 5.50. The Morgan fingerprint density at radius 3 is 2.84 bits per heavy atom. The number of halogens is 1. The zero-order chi connectivity index (χ0) is 17.6. The average molecular weight is 353 g/mol. The second-order valence-electron chi connectivity index (χ2n) is 5.18. The maximum Gasteiger partial charge on any atom is 0.202 e. The first-order chi connectivity index (χ1) is 12.1. The summed E-state index contributed by atoms with van der Waals surface area (Å²) in [6, 6.07) is 5.47. The molecule has 3 heterocycles. The van der Waals surface area contributed by atoms with E-state index in [0.717, 1.165) is 5.39 Å². The number of nitrogens with zero attached hydrogens (tertiary/aromatic N) is 8. The molecule has 0 radical (unpaired) electrons. The first kappa shape index (κ1) is 15.0. The molecule has 3 N–H and O–H groups in total. The maximum atomic E-state index is 9.24. The highest BCUT2D eigenvalue weighted by molar-refractivity contribution is 6.35. The fourth-order valence-corrected chi connectivity index (χ4v) is 2.74. The van der Waals surface area contributed by atoms with Gasteiger partial charge in [0.05, 0.1) is 16.7 Å². The van der Waals surface area contributed by atoms with Crippen LogP contribution in [0.4, 0.5) is 5.82 Å². The molecular weight excluding hydrogens is 344 g/mol. The van der Waals surface area contributed by atoms with Crippen molar-refractivity contribution in [1.29, 1.82) is 5.26 Å². The van der Waals surface area contributed by atoms with E-state index in [-0.39, 0.29) is 11.5 Å². The second-order valence-corrected chi connectivity index (χ2v) is 5.59. The van der Waals surface area contributed by atoms with Gasteiger partial charge < -0.3 is 5.73 Å². The fraction of sp³-hybridized carbons (Fsp3) is 0.0714. The van der Waals surface area contributed by atoms with Gasteiger partial charge in [-0.05, 0) is 22.6 Å². The number of hydrogen-bond acceptors (Lipinski definition) is 8. The summed E-state index contributed by atoms with van der Waals surface area (Å²) in [4.78, 5) is 8.63. The third kappa shape index (κ3) is 2.34. The Hall–Kier alpha value is -3.58. The van der Waals surface area contributed by atoms with E-state index in [1.54, 1.807) is 19.3 Å². The highest BCUT2D eigenvalue weighted by Crippen LogP contribution is 2.33. The van der Waals surface area contributed by atoms with E-state index in [0.29, 0.717) is 33.3 Å². The lowest BCUT2D eigenvalue weighted by atomic mass is 10.1. The topological polar surface area (TPSA) is 148 Å². The van der Waals surface area contributed by atoms with Gasteiger partial charge in [-0.15, -0.1) is 5.10 Å². The Labute approximate surface area is 145 Å². The zero-order valence-electron chi connectivity index (χ0n) is 12.8. The number of rotatable bonds is 2. The van der Waals surface area contributed by atoms with Crippen molar-refractivity contribution in [3.63, 3.8) is 0 Å². The Kier molecular flexibility index (Phi) is 3.29. The third-order valence-corrected chi connectivity index (χ3v) is 3.93. The normalized spacial score (nSPS) is 10.9. The van der Waals surface area contributed by atoms with Crippen LogP contribution in [0.25, 0.3) is 33.7 Å². The van der Waals surface area contributed by atoms with E-state index in [4.69, 9.17) is 17.3 Å². The van der Waals surface area contributed by atoms with Crippen molar-refractivity contribution in [3.05, 3.63) is 29.0 Å². The summed E-state index contributed by atoms with van der Waals surface area (Å²) < 4.78 is 1.44. The maximum absolute atomic E-state index is 9.24. The molecule has 0 saturated heterocycles. The van der Waals surface area contributed by atoms with Crippen LogP contribution in [0.15, 0.2) is 18.3 Å². The predicted octanol–water partition coefficient (Wildman–Crippen LogP) is 1.32. The van der Waals surface area contributed by atoms with Crippen molar-refractivity contribution in [2.24, 2.45) is 7.05 Å². The van der Waals surface area contributed by atoms with Crippen LogP contribution in [-0.4, -0.2) is 40.4 Å². The molecule has 10 nitrogen and oxygen atoms in total. The fourth-order valence-electron chi connectivity index (χ4n) is 2.47. The van der Waals surface area contributed by atoms with Crippen molar-refractivity contribution >= 4 is 28.3 Å². The van der Waals surface area contributed by atoms with Crippen LogP contribution in [0.1, 0.15) is 5.69 Å². The van der Waals surface area contributed by atoms with E-state index >= 15 is 0 Å². The molecule has 25 heavy (non-hydrogen) atoms. The molecule has 122 valence electrons. The number of fused-ring (bicyclic) bond motifs is 1. The standard InChI is InChI=1S/C14H9ClN10/c1-25-14(22-23-24-25)12-11(19-9(4-16)13(17)20-12)6-2-7-5-18-21-10(7)8(15)3-6/h2-3,5H,1H3,(H2,17,20)(H,18,21). The quantitative estimate of drug-likeness (QED) is 0.548. The molecule has 0 amide bonds. The highest BCUT2D eigenvalue weighted by atomic mass is 35.5. The molecule has 0 unspecified atom stereocenters. The zero-order valence-corrected chi connectivity index (χ0v) is 13.5. The first-order valence-electron chi connectivity index (χ1n) is 7.02. The molecule has 0 aliphatic rings. The Bertz CT molecular complexity index is 1150. The number of benzene rings is 1. The summed E-state index contributed by atoms with van der Waals surface area (Å²) in [7, 11) is 1.67. The number of aromatic nitrogens is 8. The Morgan fingerprint density at radius 2 is 2.12 bits per heavy atom. The summed E-state index contributed by atoms with van der Waals surface area (Å²) >= 11 is 6.31. The van der Waals surface area contributed by atoms with Gasteiger partial charge in [0.25, 0.3) is 0 Å². The van der Waals surface area contributed by atoms with Crippen LogP contribution >= 0.6 is 11.6 Å². The molecular formula is C14H9ClN10. The highest BCUT2D eigenvalue weighted by Gasteiger charge is 2.20. The molecule has 11 heteroatoms. The molecule has 0 fully saturated rings. The van der Waals surface area contributed by atoms with Crippen molar-refractivity contribution in [3.8, 4) is 28.8 Å². The molecule has 4 rings (SSSR count). The monoisotopic (exact) mass is 352 g/mol. The molecule has 0 aliphatic heterocycles. The van der Waals surface area contributed by atoms with Gasteiger partial charge in [-0.2, -0.15) is 10.4 Å². The van der Waals surface area contributed by atoms with Gasteiger partial charge in [-0.1, -0.05) is 11.6 Å². The molecule has 0 aliphatic carbocycles. The van der Waals surface area contributed by atoms with Crippen LogP contribution in [-0.2, 0) is 7.05 Å². The molecule has 0 atom stereocenters. The minimum absolute atomic E-state index is 0.000244. The largest absolute Gasteiger partial charge is 0.381 e. The van der Waals surface area contributed by atoms with E-state index in [2.05, 4.69) is 35.7 Å². The van der Waals surface area contributed by atoms with Crippen LogP contribution in [0, 0.1) is 11.3 Å². The summed E-state index contributed by atoms with van der Waals surface area (Å²) in [5.41, 5.74) is 7.93.